The first-order chi connectivity index (χ1) is 21.2. The van der Waals surface area contributed by atoms with Crippen LogP contribution < -0.4 is 14.9 Å². The fourth-order valence-electron chi connectivity index (χ4n) is 4.77. The molecule has 1 aromatic heterocycles. The molecular weight excluding hydrogens is 612 g/mol. The van der Waals surface area contributed by atoms with Gasteiger partial charge in [-0.1, -0.05) is 0 Å². The van der Waals surface area contributed by atoms with Gasteiger partial charge in [-0.2, -0.15) is 0 Å². The second kappa shape index (κ2) is 12.1. The van der Waals surface area contributed by atoms with Crippen LogP contribution in [0.2, 0.25) is 0 Å². The number of hydrogen-bond donors (Lipinski definition) is 10. The minimum atomic E-state index is -1.99. The van der Waals surface area contributed by atoms with E-state index in [0.29, 0.717) is 0 Å². The van der Waals surface area contributed by atoms with E-state index in [-0.39, 0.29) is 28.0 Å². The molecule has 0 bridgehead atoms. The highest BCUT2D eigenvalue weighted by molar-refractivity contribution is 5.86. The molecule has 2 aliphatic heterocycles. The van der Waals surface area contributed by atoms with E-state index in [1.165, 1.54) is 6.07 Å². The molecule has 5 rings (SSSR count). The third-order valence-corrected chi connectivity index (χ3v) is 7.15. The van der Waals surface area contributed by atoms with Gasteiger partial charge >= 0.3 is 11.9 Å². The highest BCUT2D eigenvalue weighted by Gasteiger charge is 2.49. The van der Waals surface area contributed by atoms with E-state index in [2.05, 4.69) is 0 Å². The lowest BCUT2D eigenvalue weighted by molar-refractivity contribution is -0.271. The number of phenolic OH excluding ortho intramolecular Hbond substituents is 2. The van der Waals surface area contributed by atoms with Gasteiger partial charge in [0.05, 0.1) is 0 Å². The maximum atomic E-state index is 12.9. The Morgan fingerprint density at radius 2 is 1.22 bits per heavy atom. The number of carboxylic acids is 2. The molecule has 45 heavy (non-hydrogen) atoms. The summed E-state index contributed by atoms with van der Waals surface area (Å²) in [5.74, 6) is -5.45. The van der Waals surface area contributed by atoms with Crippen LogP contribution in [0.3, 0.4) is 0 Å². The van der Waals surface area contributed by atoms with Crippen molar-refractivity contribution in [3.05, 3.63) is 46.6 Å². The van der Waals surface area contributed by atoms with E-state index in [0.717, 1.165) is 30.3 Å². The first kappa shape index (κ1) is 31.9. The predicted octanol–water partition coefficient (Wildman–Crippen LogP) is -2.59. The van der Waals surface area contributed by atoms with Crippen molar-refractivity contribution in [2.75, 3.05) is 0 Å². The number of aliphatic hydroxyl groups is 6. The van der Waals surface area contributed by atoms with Crippen LogP contribution >= 0.6 is 0 Å². The van der Waals surface area contributed by atoms with E-state index in [1.54, 1.807) is 0 Å². The van der Waals surface area contributed by atoms with Gasteiger partial charge in [0, 0.05) is 23.8 Å². The van der Waals surface area contributed by atoms with Crippen molar-refractivity contribution in [3.8, 4) is 34.3 Å². The standard InChI is InChI=1S/C27H26O18/c28-9-2-1-7(3-13(9)43-27-21(36)17(32)19(34)23(45-27)25(39)40)12-6-11(30)15-10(29)4-8(5-14(15)42-12)41-26-20(35)16(31)18(33)22(44-26)24(37)38/h1-6,16-23,26-29,31-36H,(H,37,38)(H,39,40). The lowest BCUT2D eigenvalue weighted by Crippen LogP contribution is -2.61. The number of ether oxygens (including phenoxy) is 4. The summed E-state index contributed by atoms with van der Waals surface area (Å²) in [4.78, 5) is 35.7. The molecule has 2 aliphatic rings. The molecule has 2 fully saturated rings. The third kappa shape index (κ3) is 5.95. The van der Waals surface area contributed by atoms with Gasteiger partial charge in [-0.15, -0.1) is 0 Å². The summed E-state index contributed by atoms with van der Waals surface area (Å²) in [6, 6.07) is 6.43. The van der Waals surface area contributed by atoms with Crippen LogP contribution in [0.1, 0.15) is 0 Å². The predicted molar refractivity (Wildman–Crippen MR) is 141 cm³/mol. The molecule has 0 spiro atoms. The normalized spacial score (nSPS) is 31.8. The Morgan fingerprint density at radius 1 is 0.667 bits per heavy atom. The Bertz CT molecular complexity index is 1670. The van der Waals surface area contributed by atoms with Crippen LogP contribution in [-0.4, -0.2) is 124 Å². The SMILES string of the molecule is O=C(O)C1OC(Oc2cc(O)c3c(=O)cc(-c4ccc(O)c(OC5OC(C(=O)O)C(O)C(O)C5O)c4)oc3c2)C(O)C(O)C1O. The first-order valence-electron chi connectivity index (χ1n) is 13.0. The number of hydrogen-bond acceptors (Lipinski definition) is 16. The number of aromatic hydroxyl groups is 2. The molecule has 0 aliphatic carbocycles. The Morgan fingerprint density at radius 3 is 1.78 bits per heavy atom. The zero-order valence-electron chi connectivity index (χ0n) is 22.5. The fourth-order valence-corrected chi connectivity index (χ4v) is 4.77. The second-order valence-electron chi connectivity index (χ2n) is 10.2. The molecule has 18 nitrogen and oxygen atoms in total. The number of aliphatic carboxylic acids is 2. The molecule has 2 aromatic carbocycles. The van der Waals surface area contributed by atoms with Gasteiger partial charge in [0.15, 0.2) is 29.1 Å². The average Bonchev–Trinajstić information content (AvgIpc) is 2.97. The molecule has 10 atom stereocenters. The molecule has 3 aromatic rings. The summed E-state index contributed by atoms with van der Waals surface area (Å²) < 4.78 is 26.7. The van der Waals surface area contributed by atoms with E-state index in [9.17, 15) is 65.4 Å². The molecule has 18 heteroatoms. The van der Waals surface area contributed by atoms with E-state index >= 15 is 0 Å². The molecule has 10 N–H and O–H groups in total. The number of fused-ring (bicyclic) bond motifs is 1. The van der Waals surface area contributed by atoms with Crippen LogP contribution in [-0.2, 0) is 19.1 Å². The van der Waals surface area contributed by atoms with Crippen molar-refractivity contribution in [2.24, 2.45) is 0 Å². The van der Waals surface area contributed by atoms with Gasteiger partial charge < -0.3 is 74.4 Å². The van der Waals surface area contributed by atoms with Crippen molar-refractivity contribution in [1.82, 2.24) is 0 Å². The van der Waals surface area contributed by atoms with Gasteiger partial charge in [-0.25, -0.2) is 9.59 Å². The molecule has 0 radical (unpaired) electrons. The summed E-state index contributed by atoms with van der Waals surface area (Å²) in [6.45, 7) is 0. The van der Waals surface area contributed by atoms with Crippen LogP contribution in [0.4, 0.5) is 0 Å². The van der Waals surface area contributed by atoms with Gasteiger partial charge in [0.1, 0.15) is 64.9 Å². The molecule has 0 amide bonds. The van der Waals surface area contributed by atoms with Crippen molar-refractivity contribution < 1.29 is 84.0 Å². The van der Waals surface area contributed by atoms with Crippen LogP contribution in [0.5, 0.6) is 23.0 Å². The van der Waals surface area contributed by atoms with Crippen LogP contribution in [0, 0.1) is 0 Å². The Hall–Kier alpha value is -4.53. The van der Waals surface area contributed by atoms with Gasteiger partial charge in [0.25, 0.3) is 0 Å². The number of carbonyl (C=O) groups is 2. The Kier molecular flexibility index (Phi) is 8.58. The largest absolute Gasteiger partial charge is 0.507 e. The van der Waals surface area contributed by atoms with Crippen molar-refractivity contribution in [3.63, 3.8) is 0 Å². The second-order valence-corrected chi connectivity index (χ2v) is 10.2. The summed E-state index contributed by atoms with van der Waals surface area (Å²) >= 11 is 0. The minimum absolute atomic E-state index is 0.0562. The van der Waals surface area contributed by atoms with E-state index in [1.807, 2.05) is 0 Å². The number of rotatable bonds is 7. The van der Waals surface area contributed by atoms with Gasteiger partial charge in [-0.3, -0.25) is 4.79 Å². The number of aliphatic hydroxyl groups excluding tert-OH is 6. The summed E-state index contributed by atoms with van der Waals surface area (Å²) in [7, 11) is 0. The van der Waals surface area contributed by atoms with E-state index in [4.69, 9.17) is 23.4 Å². The topological polar surface area (TPSA) is 304 Å². The Labute approximate surface area is 249 Å². The maximum absolute atomic E-state index is 12.9. The third-order valence-electron chi connectivity index (χ3n) is 7.15. The molecule has 10 unspecified atom stereocenters. The zero-order chi connectivity index (χ0) is 32.9. The number of benzene rings is 2. The molecule has 3 heterocycles. The quantitative estimate of drug-likeness (QED) is 0.127. The smallest absolute Gasteiger partial charge is 0.335 e. The van der Waals surface area contributed by atoms with Crippen LogP contribution in [0.15, 0.2) is 45.6 Å². The monoisotopic (exact) mass is 638 g/mol. The number of phenols is 2. The van der Waals surface area contributed by atoms with Crippen molar-refractivity contribution in [2.45, 2.75) is 61.4 Å². The summed E-state index contributed by atoms with van der Waals surface area (Å²) in [6.07, 6.45) is -19.5. The summed E-state index contributed by atoms with van der Waals surface area (Å²) in [5.41, 5.74) is -1.01. The maximum Gasteiger partial charge on any atom is 0.335 e. The highest BCUT2D eigenvalue weighted by atomic mass is 16.7. The zero-order valence-corrected chi connectivity index (χ0v) is 22.5. The molecular formula is C27H26O18. The lowest BCUT2D eigenvalue weighted by Gasteiger charge is -2.38. The minimum Gasteiger partial charge on any atom is -0.507 e. The molecule has 0 saturated carbocycles. The van der Waals surface area contributed by atoms with Gasteiger partial charge in [0.2, 0.25) is 12.6 Å². The fraction of sp³-hybridized carbons (Fsp3) is 0.370. The lowest BCUT2D eigenvalue weighted by atomic mass is 9.99. The average molecular weight is 638 g/mol. The first-order valence-corrected chi connectivity index (χ1v) is 13.0. The van der Waals surface area contributed by atoms with E-state index < -0.39 is 96.0 Å². The Balaban J connectivity index is 1.46. The molecule has 242 valence electrons. The van der Waals surface area contributed by atoms with Crippen LogP contribution in [0.25, 0.3) is 22.3 Å². The highest BCUT2D eigenvalue weighted by Crippen LogP contribution is 2.37. The summed E-state index contributed by atoms with van der Waals surface area (Å²) in [5, 5.41) is 99.3. The van der Waals surface area contributed by atoms with Crippen molar-refractivity contribution >= 4 is 22.9 Å². The van der Waals surface area contributed by atoms with Crippen molar-refractivity contribution in [1.29, 1.82) is 0 Å². The molecule has 2 saturated heterocycles. The number of carboxylic acid groups (broad SMARTS) is 2. The van der Waals surface area contributed by atoms with Gasteiger partial charge in [-0.05, 0) is 18.2 Å².